The van der Waals surface area contributed by atoms with E-state index in [2.05, 4.69) is 26.8 Å². The van der Waals surface area contributed by atoms with E-state index in [1.165, 1.54) is 4.88 Å². The van der Waals surface area contributed by atoms with Crippen LogP contribution in [0.3, 0.4) is 0 Å². The molecule has 2 aromatic heterocycles. The summed E-state index contributed by atoms with van der Waals surface area (Å²) in [6.45, 7) is 8.41. The van der Waals surface area contributed by atoms with Gasteiger partial charge in [-0.2, -0.15) is 0 Å². The second kappa shape index (κ2) is 4.31. The maximum Gasteiger partial charge on any atom is 0.117 e. The zero-order valence-electron chi connectivity index (χ0n) is 10.7. The summed E-state index contributed by atoms with van der Waals surface area (Å²) in [5.74, 6) is 0.781. The topological polar surface area (TPSA) is 33.4 Å². The van der Waals surface area contributed by atoms with E-state index in [0.29, 0.717) is 0 Å². The van der Waals surface area contributed by atoms with Crippen molar-refractivity contribution in [3.8, 4) is 0 Å². The van der Waals surface area contributed by atoms with Gasteiger partial charge in [0.2, 0.25) is 0 Å². The Bertz CT molecular complexity index is 502. The van der Waals surface area contributed by atoms with E-state index in [1.54, 1.807) is 17.6 Å². The van der Waals surface area contributed by atoms with Crippen molar-refractivity contribution < 1.29 is 9.52 Å². The number of hydrogen-bond acceptors (Lipinski definition) is 3. The minimum absolute atomic E-state index is 0.133. The first-order valence-corrected chi connectivity index (χ1v) is 6.53. The molecule has 3 heteroatoms. The zero-order chi connectivity index (χ0) is 12.6. The van der Waals surface area contributed by atoms with Gasteiger partial charge in [-0.05, 0) is 30.5 Å². The molecule has 1 atom stereocenters. The van der Waals surface area contributed by atoms with E-state index < -0.39 is 6.10 Å². The molecule has 0 amide bonds. The van der Waals surface area contributed by atoms with Crippen LogP contribution in [0.4, 0.5) is 0 Å². The highest BCUT2D eigenvalue weighted by atomic mass is 32.1. The lowest BCUT2D eigenvalue weighted by atomic mass is 9.95. The summed E-state index contributed by atoms with van der Waals surface area (Å²) in [5, 5.41) is 10.3. The van der Waals surface area contributed by atoms with Gasteiger partial charge in [0.05, 0.1) is 6.26 Å². The van der Waals surface area contributed by atoms with Crippen LogP contribution >= 0.6 is 11.3 Å². The van der Waals surface area contributed by atoms with E-state index in [0.717, 1.165) is 16.2 Å². The van der Waals surface area contributed by atoms with Crippen molar-refractivity contribution in [2.75, 3.05) is 0 Å². The lowest BCUT2D eigenvalue weighted by Gasteiger charge is -2.15. The third-order valence-corrected chi connectivity index (χ3v) is 4.39. The SMILES string of the molecule is Cc1occc1C(O)c1ccc(C(C)(C)C)s1. The molecule has 0 spiro atoms. The minimum Gasteiger partial charge on any atom is -0.469 e. The van der Waals surface area contributed by atoms with Crippen LogP contribution in [0, 0.1) is 6.92 Å². The van der Waals surface area contributed by atoms with Gasteiger partial charge in [0.15, 0.2) is 0 Å². The third kappa shape index (κ3) is 2.45. The van der Waals surface area contributed by atoms with Gasteiger partial charge >= 0.3 is 0 Å². The first-order valence-electron chi connectivity index (χ1n) is 5.72. The van der Waals surface area contributed by atoms with Gasteiger partial charge in [-0.25, -0.2) is 0 Å². The summed E-state index contributed by atoms with van der Waals surface area (Å²) < 4.78 is 5.23. The molecule has 92 valence electrons. The lowest BCUT2D eigenvalue weighted by Crippen LogP contribution is -2.07. The molecule has 2 aromatic rings. The Labute approximate surface area is 106 Å². The molecule has 17 heavy (non-hydrogen) atoms. The number of aliphatic hydroxyl groups is 1. The fourth-order valence-corrected chi connectivity index (χ4v) is 2.81. The average Bonchev–Trinajstić information content (AvgIpc) is 2.83. The van der Waals surface area contributed by atoms with Gasteiger partial charge in [0.25, 0.3) is 0 Å². The fourth-order valence-electron chi connectivity index (χ4n) is 1.73. The van der Waals surface area contributed by atoms with Crippen molar-refractivity contribution in [1.29, 1.82) is 0 Å². The number of thiophene rings is 1. The molecule has 0 aliphatic carbocycles. The van der Waals surface area contributed by atoms with Crippen LogP contribution in [-0.4, -0.2) is 5.11 Å². The standard InChI is InChI=1S/C14H18O2S/c1-9-10(7-8-16-9)13(15)11-5-6-12(17-11)14(2,3)4/h5-8,13,15H,1-4H3. The Hall–Kier alpha value is -1.06. The Morgan fingerprint density at radius 3 is 2.41 bits per heavy atom. The molecule has 2 heterocycles. The highest BCUT2D eigenvalue weighted by Gasteiger charge is 2.21. The first kappa shape index (κ1) is 12.4. The molecule has 0 aliphatic heterocycles. The van der Waals surface area contributed by atoms with Gasteiger partial charge < -0.3 is 9.52 Å². The smallest absolute Gasteiger partial charge is 0.117 e. The van der Waals surface area contributed by atoms with Crippen molar-refractivity contribution in [2.45, 2.75) is 39.2 Å². The molecule has 2 nitrogen and oxygen atoms in total. The van der Waals surface area contributed by atoms with Gasteiger partial charge in [0.1, 0.15) is 11.9 Å². The van der Waals surface area contributed by atoms with Crippen LogP contribution in [0.25, 0.3) is 0 Å². The predicted octanol–water partition coefficient (Wildman–Crippen LogP) is 4.03. The quantitative estimate of drug-likeness (QED) is 0.873. The van der Waals surface area contributed by atoms with Crippen molar-refractivity contribution in [3.05, 3.63) is 45.5 Å². The molecule has 2 rings (SSSR count). The highest BCUT2D eigenvalue weighted by Crippen LogP contribution is 2.35. The van der Waals surface area contributed by atoms with Gasteiger partial charge in [-0.15, -0.1) is 11.3 Å². The Balaban J connectivity index is 2.30. The Morgan fingerprint density at radius 2 is 1.94 bits per heavy atom. The highest BCUT2D eigenvalue weighted by molar-refractivity contribution is 7.12. The maximum atomic E-state index is 10.3. The largest absolute Gasteiger partial charge is 0.469 e. The number of rotatable bonds is 2. The van der Waals surface area contributed by atoms with Crippen molar-refractivity contribution in [2.24, 2.45) is 0 Å². The van der Waals surface area contributed by atoms with Crippen LogP contribution in [0.2, 0.25) is 0 Å². The van der Waals surface area contributed by atoms with E-state index in [9.17, 15) is 5.11 Å². The fraction of sp³-hybridized carbons (Fsp3) is 0.429. The lowest BCUT2D eigenvalue weighted by molar-refractivity contribution is 0.222. The Kier molecular flexibility index (Phi) is 3.15. The van der Waals surface area contributed by atoms with E-state index >= 15 is 0 Å². The van der Waals surface area contributed by atoms with Crippen LogP contribution < -0.4 is 0 Å². The van der Waals surface area contributed by atoms with E-state index in [4.69, 9.17) is 4.42 Å². The summed E-state index contributed by atoms with van der Waals surface area (Å²) in [7, 11) is 0. The van der Waals surface area contributed by atoms with Crippen molar-refractivity contribution >= 4 is 11.3 Å². The summed E-state index contributed by atoms with van der Waals surface area (Å²) in [6.07, 6.45) is 1.04. The molecule has 0 fully saturated rings. The minimum atomic E-state index is -0.574. The van der Waals surface area contributed by atoms with E-state index in [-0.39, 0.29) is 5.41 Å². The number of hydrogen-bond donors (Lipinski definition) is 1. The molecule has 1 unspecified atom stereocenters. The van der Waals surface area contributed by atoms with Crippen LogP contribution in [0.5, 0.6) is 0 Å². The zero-order valence-corrected chi connectivity index (χ0v) is 11.5. The van der Waals surface area contributed by atoms with Crippen LogP contribution in [0.1, 0.15) is 48.0 Å². The van der Waals surface area contributed by atoms with Crippen molar-refractivity contribution in [3.63, 3.8) is 0 Å². The molecule has 0 aromatic carbocycles. The van der Waals surface area contributed by atoms with Crippen LogP contribution in [-0.2, 0) is 5.41 Å². The predicted molar refractivity (Wildman–Crippen MR) is 70.5 cm³/mol. The van der Waals surface area contributed by atoms with Crippen LogP contribution in [0.15, 0.2) is 28.9 Å². The number of furan rings is 1. The average molecular weight is 250 g/mol. The molecule has 0 radical (unpaired) electrons. The summed E-state index contributed by atoms with van der Waals surface area (Å²) in [5.41, 5.74) is 0.987. The third-order valence-electron chi connectivity index (χ3n) is 2.83. The number of aliphatic hydroxyl groups excluding tert-OH is 1. The second-order valence-corrected chi connectivity index (χ2v) is 6.40. The summed E-state index contributed by atoms with van der Waals surface area (Å²) in [6, 6.07) is 5.93. The van der Waals surface area contributed by atoms with Gasteiger partial charge in [0, 0.05) is 15.3 Å². The summed E-state index contributed by atoms with van der Waals surface area (Å²) >= 11 is 1.66. The van der Waals surface area contributed by atoms with Crippen molar-refractivity contribution in [1.82, 2.24) is 0 Å². The molecule has 0 bridgehead atoms. The maximum absolute atomic E-state index is 10.3. The molecular formula is C14H18O2S. The van der Waals surface area contributed by atoms with Gasteiger partial charge in [-0.1, -0.05) is 20.8 Å². The molecule has 1 N–H and O–H groups in total. The summed E-state index contributed by atoms with van der Waals surface area (Å²) in [4.78, 5) is 2.26. The molecule has 0 saturated heterocycles. The molecular weight excluding hydrogens is 232 g/mol. The molecule has 0 aliphatic rings. The van der Waals surface area contributed by atoms with Gasteiger partial charge in [-0.3, -0.25) is 0 Å². The molecule has 0 saturated carbocycles. The first-order chi connectivity index (χ1) is 7.89. The normalized spacial score (nSPS) is 13.9. The second-order valence-electron chi connectivity index (χ2n) is 5.29. The van der Waals surface area contributed by atoms with E-state index in [1.807, 2.05) is 19.1 Å². The monoisotopic (exact) mass is 250 g/mol. The Morgan fingerprint density at radius 1 is 1.24 bits per heavy atom. The number of aryl methyl sites for hydroxylation is 1.